The van der Waals surface area contributed by atoms with Gasteiger partial charge in [0.05, 0.1) is 6.61 Å². The van der Waals surface area contributed by atoms with Gasteiger partial charge in [-0.3, -0.25) is 4.79 Å². The molecular weight excluding hydrogens is 192 g/mol. The molecule has 1 rings (SSSR count). The lowest BCUT2D eigenvalue weighted by molar-refractivity contribution is -0.142. The minimum atomic E-state index is 0.117. The Bertz CT molecular complexity index is 217. The average Bonchev–Trinajstić information content (AvgIpc) is 2.21. The second-order valence-corrected chi connectivity index (χ2v) is 4.91. The van der Waals surface area contributed by atoms with Crippen molar-refractivity contribution < 1.29 is 9.53 Å². The number of ether oxygens (including phenoxy) is 1. The number of nitrogens with two attached hydrogens (primary N) is 1. The van der Waals surface area contributed by atoms with Gasteiger partial charge < -0.3 is 15.4 Å². The smallest absolute Gasteiger partial charge is 0.248 e. The van der Waals surface area contributed by atoms with Crippen LogP contribution in [-0.2, 0) is 9.53 Å². The molecule has 1 fully saturated rings. The van der Waals surface area contributed by atoms with E-state index in [-0.39, 0.29) is 17.9 Å². The van der Waals surface area contributed by atoms with Crippen molar-refractivity contribution in [2.45, 2.75) is 26.7 Å². The van der Waals surface area contributed by atoms with E-state index < -0.39 is 0 Å². The van der Waals surface area contributed by atoms with Crippen molar-refractivity contribution in [3.05, 3.63) is 0 Å². The molecule has 88 valence electrons. The van der Waals surface area contributed by atoms with Crippen LogP contribution in [0, 0.1) is 5.41 Å². The lowest BCUT2D eigenvalue weighted by Crippen LogP contribution is -2.42. The fourth-order valence-electron chi connectivity index (χ4n) is 1.64. The van der Waals surface area contributed by atoms with Crippen molar-refractivity contribution in [3.63, 3.8) is 0 Å². The number of rotatable bonds is 5. The summed E-state index contributed by atoms with van der Waals surface area (Å²) in [6.07, 6.45) is 2.09. The number of nitrogens with zero attached hydrogens (tertiary/aromatic N) is 1. The highest BCUT2D eigenvalue weighted by atomic mass is 16.5. The molecule has 0 aromatic heterocycles. The lowest BCUT2D eigenvalue weighted by Gasteiger charge is -2.28. The van der Waals surface area contributed by atoms with Crippen LogP contribution in [-0.4, -0.2) is 43.7 Å². The van der Waals surface area contributed by atoms with Crippen LogP contribution in [0.4, 0.5) is 0 Å². The number of morpholine rings is 1. The molecule has 0 radical (unpaired) electrons. The molecule has 15 heavy (non-hydrogen) atoms. The molecule has 1 aliphatic rings. The van der Waals surface area contributed by atoms with Crippen molar-refractivity contribution in [3.8, 4) is 0 Å². The topological polar surface area (TPSA) is 55.6 Å². The predicted octanol–water partition coefficient (Wildman–Crippen LogP) is 0.610. The van der Waals surface area contributed by atoms with E-state index in [1.807, 2.05) is 4.90 Å². The summed E-state index contributed by atoms with van der Waals surface area (Å²) in [6.45, 7) is 7.52. The number of carbonyl (C=O) groups excluding carboxylic acids is 1. The molecule has 0 aliphatic carbocycles. The van der Waals surface area contributed by atoms with Crippen LogP contribution in [0.3, 0.4) is 0 Å². The molecule has 4 heteroatoms. The Morgan fingerprint density at radius 3 is 2.87 bits per heavy atom. The van der Waals surface area contributed by atoms with Crippen LogP contribution in [0.25, 0.3) is 0 Å². The molecule has 0 aromatic rings. The summed E-state index contributed by atoms with van der Waals surface area (Å²) in [4.78, 5) is 13.3. The zero-order valence-corrected chi connectivity index (χ0v) is 9.79. The molecule has 1 heterocycles. The van der Waals surface area contributed by atoms with Crippen molar-refractivity contribution >= 4 is 5.91 Å². The van der Waals surface area contributed by atoms with E-state index in [4.69, 9.17) is 10.5 Å². The van der Waals surface area contributed by atoms with E-state index in [1.54, 1.807) is 0 Å². The van der Waals surface area contributed by atoms with Gasteiger partial charge in [0.1, 0.15) is 6.61 Å². The van der Waals surface area contributed by atoms with Gasteiger partial charge in [0.25, 0.3) is 0 Å². The fourth-order valence-corrected chi connectivity index (χ4v) is 1.64. The van der Waals surface area contributed by atoms with Gasteiger partial charge in [0, 0.05) is 13.1 Å². The molecule has 0 aromatic carbocycles. The number of hydrogen-bond acceptors (Lipinski definition) is 3. The van der Waals surface area contributed by atoms with E-state index in [0.29, 0.717) is 13.2 Å². The average molecular weight is 214 g/mol. The predicted molar refractivity (Wildman–Crippen MR) is 59.5 cm³/mol. The second-order valence-electron chi connectivity index (χ2n) is 4.91. The zero-order valence-electron chi connectivity index (χ0n) is 9.79. The quantitative estimate of drug-likeness (QED) is 0.729. The Morgan fingerprint density at radius 2 is 2.27 bits per heavy atom. The van der Waals surface area contributed by atoms with Crippen LogP contribution in [0.1, 0.15) is 26.7 Å². The first-order chi connectivity index (χ1) is 7.05. The standard InChI is InChI=1S/C11H22N2O2/c1-11(2,9-12)4-3-5-13-6-7-15-8-10(13)14/h3-9,12H2,1-2H3. The van der Waals surface area contributed by atoms with Crippen LogP contribution in [0.5, 0.6) is 0 Å². The normalized spacial score (nSPS) is 18.3. The lowest BCUT2D eigenvalue weighted by atomic mass is 9.88. The van der Waals surface area contributed by atoms with Gasteiger partial charge in [0.2, 0.25) is 5.91 Å². The van der Waals surface area contributed by atoms with Gasteiger partial charge in [-0.25, -0.2) is 0 Å². The Labute approximate surface area is 91.8 Å². The SMILES string of the molecule is CC(C)(CN)CCCN1CCOCC1=O. The minimum Gasteiger partial charge on any atom is -0.370 e. The van der Waals surface area contributed by atoms with Crippen LogP contribution >= 0.6 is 0 Å². The minimum absolute atomic E-state index is 0.117. The number of amides is 1. The Hall–Kier alpha value is -0.610. The summed E-state index contributed by atoms with van der Waals surface area (Å²) in [5.74, 6) is 0.117. The molecule has 1 saturated heterocycles. The molecule has 0 bridgehead atoms. The summed E-state index contributed by atoms with van der Waals surface area (Å²) in [5, 5.41) is 0. The van der Waals surface area contributed by atoms with Crippen molar-refractivity contribution in [1.82, 2.24) is 4.90 Å². The first-order valence-corrected chi connectivity index (χ1v) is 5.61. The van der Waals surface area contributed by atoms with E-state index >= 15 is 0 Å². The number of hydrogen-bond donors (Lipinski definition) is 1. The third-order valence-corrected chi connectivity index (χ3v) is 2.92. The van der Waals surface area contributed by atoms with Crippen molar-refractivity contribution in [2.75, 3.05) is 32.8 Å². The molecule has 1 amide bonds. The van der Waals surface area contributed by atoms with Gasteiger partial charge in [0.15, 0.2) is 0 Å². The maximum atomic E-state index is 11.4. The molecule has 1 aliphatic heterocycles. The van der Waals surface area contributed by atoms with Gasteiger partial charge in [-0.15, -0.1) is 0 Å². The highest BCUT2D eigenvalue weighted by Crippen LogP contribution is 2.20. The molecule has 4 nitrogen and oxygen atoms in total. The molecule has 0 saturated carbocycles. The zero-order chi connectivity index (χ0) is 11.3. The highest BCUT2D eigenvalue weighted by Gasteiger charge is 2.20. The van der Waals surface area contributed by atoms with Crippen LogP contribution in [0.2, 0.25) is 0 Å². The van der Waals surface area contributed by atoms with E-state index in [2.05, 4.69) is 13.8 Å². The van der Waals surface area contributed by atoms with E-state index in [0.717, 1.165) is 25.9 Å². The summed E-state index contributed by atoms with van der Waals surface area (Å²) in [5.41, 5.74) is 5.84. The summed E-state index contributed by atoms with van der Waals surface area (Å²) < 4.78 is 5.07. The molecule has 2 N–H and O–H groups in total. The van der Waals surface area contributed by atoms with Gasteiger partial charge >= 0.3 is 0 Å². The third-order valence-electron chi connectivity index (χ3n) is 2.92. The van der Waals surface area contributed by atoms with E-state index in [1.165, 1.54) is 0 Å². The Morgan fingerprint density at radius 1 is 1.53 bits per heavy atom. The van der Waals surface area contributed by atoms with E-state index in [9.17, 15) is 4.79 Å². The maximum absolute atomic E-state index is 11.4. The first-order valence-electron chi connectivity index (χ1n) is 5.61. The maximum Gasteiger partial charge on any atom is 0.248 e. The molecule has 0 atom stereocenters. The Kier molecular flexibility index (Phi) is 4.54. The molecule has 0 spiro atoms. The van der Waals surface area contributed by atoms with Crippen molar-refractivity contribution in [1.29, 1.82) is 0 Å². The largest absolute Gasteiger partial charge is 0.370 e. The van der Waals surface area contributed by atoms with Crippen LogP contribution in [0.15, 0.2) is 0 Å². The summed E-state index contributed by atoms with van der Waals surface area (Å²) in [7, 11) is 0. The second kappa shape index (κ2) is 5.47. The molecular formula is C11H22N2O2. The monoisotopic (exact) mass is 214 g/mol. The fraction of sp³-hybridized carbons (Fsp3) is 0.909. The van der Waals surface area contributed by atoms with Gasteiger partial charge in [-0.2, -0.15) is 0 Å². The van der Waals surface area contributed by atoms with Gasteiger partial charge in [-0.05, 0) is 24.8 Å². The summed E-state index contributed by atoms with van der Waals surface area (Å²) in [6, 6.07) is 0. The first kappa shape index (κ1) is 12.5. The highest BCUT2D eigenvalue weighted by molar-refractivity contribution is 5.77. The molecule has 0 unspecified atom stereocenters. The third kappa shape index (κ3) is 4.18. The van der Waals surface area contributed by atoms with Crippen LogP contribution < -0.4 is 5.73 Å². The number of carbonyl (C=O) groups is 1. The Balaban J connectivity index is 2.21. The summed E-state index contributed by atoms with van der Waals surface area (Å²) >= 11 is 0. The van der Waals surface area contributed by atoms with Crippen molar-refractivity contribution in [2.24, 2.45) is 11.1 Å². The van der Waals surface area contributed by atoms with Gasteiger partial charge in [-0.1, -0.05) is 13.8 Å².